The summed E-state index contributed by atoms with van der Waals surface area (Å²) in [6.45, 7) is 3.98. The number of aliphatic hydroxyl groups excluding tert-OH is 1. The molecule has 17 heavy (non-hydrogen) atoms. The fourth-order valence-corrected chi connectivity index (χ4v) is 3.11. The van der Waals surface area contributed by atoms with Crippen molar-refractivity contribution in [1.82, 2.24) is 9.78 Å². The Hall–Kier alpha value is -0.840. The van der Waals surface area contributed by atoms with E-state index in [1.807, 2.05) is 37.0 Å². The molecule has 1 atom stereocenters. The van der Waals surface area contributed by atoms with Crippen LogP contribution in [0.2, 0.25) is 5.02 Å². The maximum atomic E-state index is 10.2. The molecule has 1 N–H and O–H groups in total. The monoisotopic (exact) mass is 270 g/mol. The average Bonchev–Trinajstić information content (AvgIpc) is 2.78. The minimum atomic E-state index is -0.552. The molecule has 2 heterocycles. The predicted octanol–water partition coefficient (Wildman–Crippen LogP) is 3.03. The fourth-order valence-electron chi connectivity index (χ4n) is 1.94. The molecule has 3 nitrogen and oxygen atoms in total. The van der Waals surface area contributed by atoms with Gasteiger partial charge in [-0.2, -0.15) is 5.10 Å². The maximum absolute atomic E-state index is 10.2. The van der Waals surface area contributed by atoms with Crippen molar-refractivity contribution in [2.24, 2.45) is 7.05 Å². The highest BCUT2D eigenvalue weighted by Gasteiger charge is 2.18. The topological polar surface area (TPSA) is 38.0 Å². The van der Waals surface area contributed by atoms with Gasteiger partial charge in [0, 0.05) is 19.2 Å². The van der Waals surface area contributed by atoms with Crippen molar-refractivity contribution in [2.45, 2.75) is 26.4 Å². The van der Waals surface area contributed by atoms with Crippen molar-refractivity contribution in [1.29, 1.82) is 0 Å². The summed E-state index contributed by atoms with van der Waals surface area (Å²) < 4.78 is 1.84. The molecule has 0 saturated carbocycles. The molecule has 2 rings (SSSR count). The molecule has 0 radical (unpaired) electrons. The van der Waals surface area contributed by atoms with E-state index >= 15 is 0 Å². The fraction of sp³-hybridized carbons (Fsp3) is 0.417. The Kier molecular flexibility index (Phi) is 3.56. The lowest BCUT2D eigenvalue weighted by molar-refractivity contribution is 0.182. The Bertz CT molecular complexity index is 533. The van der Waals surface area contributed by atoms with Gasteiger partial charge in [-0.25, -0.2) is 0 Å². The van der Waals surface area contributed by atoms with Gasteiger partial charge in [-0.1, -0.05) is 11.6 Å². The number of hydrogen-bond acceptors (Lipinski definition) is 3. The Labute approximate surface area is 110 Å². The number of aliphatic hydroxyl groups is 1. The molecule has 2 aromatic rings. The van der Waals surface area contributed by atoms with Crippen molar-refractivity contribution < 1.29 is 5.11 Å². The summed E-state index contributed by atoms with van der Waals surface area (Å²) in [5, 5.41) is 17.1. The smallest absolute Gasteiger partial charge is 0.0938 e. The van der Waals surface area contributed by atoms with Crippen molar-refractivity contribution in [3.63, 3.8) is 0 Å². The molecule has 2 aromatic heterocycles. The SMILES string of the molecule is Cc1nn(C)c(C)c1CC(O)c1sccc1Cl. The highest BCUT2D eigenvalue weighted by molar-refractivity contribution is 7.10. The third-order valence-electron chi connectivity index (χ3n) is 3.00. The number of hydrogen-bond donors (Lipinski definition) is 1. The second-order valence-corrected chi connectivity index (χ2v) is 5.48. The first-order chi connectivity index (χ1) is 8.00. The van der Waals surface area contributed by atoms with Crippen LogP contribution >= 0.6 is 22.9 Å². The van der Waals surface area contributed by atoms with E-state index in [0.717, 1.165) is 21.8 Å². The standard InChI is InChI=1S/C12H15ClN2OS/c1-7-9(8(2)15(3)14-7)6-11(16)12-10(13)4-5-17-12/h4-5,11,16H,6H2,1-3H3. The molecular formula is C12H15ClN2OS. The second-order valence-electron chi connectivity index (χ2n) is 4.13. The van der Waals surface area contributed by atoms with Gasteiger partial charge in [0.25, 0.3) is 0 Å². The van der Waals surface area contributed by atoms with Crippen molar-refractivity contribution in [2.75, 3.05) is 0 Å². The zero-order chi connectivity index (χ0) is 12.6. The first-order valence-corrected chi connectivity index (χ1v) is 6.66. The van der Waals surface area contributed by atoms with E-state index in [4.69, 9.17) is 11.6 Å². The number of thiophene rings is 1. The minimum absolute atomic E-state index is 0.552. The molecule has 0 spiro atoms. The zero-order valence-electron chi connectivity index (χ0n) is 10.1. The highest BCUT2D eigenvalue weighted by Crippen LogP contribution is 2.31. The van der Waals surface area contributed by atoms with Gasteiger partial charge in [0.2, 0.25) is 0 Å². The van der Waals surface area contributed by atoms with Crippen LogP contribution in [0.4, 0.5) is 0 Å². The number of aromatic nitrogens is 2. The molecule has 0 fully saturated rings. The normalized spacial score (nSPS) is 13.0. The van der Waals surface area contributed by atoms with Crippen LogP contribution in [-0.2, 0) is 13.5 Å². The molecule has 0 aromatic carbocycles. The van der Waals surface area contributed by atoms with E-state index in [1.54, 1.807) is 0 Å². The van der Waals surface area contributed by atoms with Gasteiger partial charge in [0.1, 0.15) is 0 Å². The lowest BCUT2D eigenvalue weighted by Gasteiger charge is -2.09. The van der Waals surface area contributed by atoms with Gasteiger partial charge in [-0.3, -0.25) is 4.68 Å². The van der Waals surface area contributed by atoms with Crippen molar-refractivity contribution in [3.8, 4) is 0 Å². The molecule has 0 aliphatic rings. The molecule has 0 saturated heterocycles. The lowest BCUT2D eigenvalue weighted by atomic mass is 10.1. The molecule has 0 amide bonds. The van der Waals surface area contributed by atoms with E-state index in [-0.39, 0.29) is 0 Å². The Morgan fingerprint density at radius 3 is 2.71 bits per heavy atom. The Morgan fingerprint density at radius 2 is 2.24 bits per heavy atom. The predicted molar refractivity (Wildman–Crippen MR) is 70.7 cm³/mol. The van der Waals surface area contributed by atoms with Crippen molar-refractivity contribution >= 4 is 22.9 Å². The maximum Gasteiger partial charge on any atom is 0.0938 e. The highest BCUT2D eigenvalue weighted by atomic mass is 35.5. The van der Waals surface area contributed by atoms with Gasteiger partial charge in [0.05, 0.1) is 21.7 Å². The van der Waals surface area contributed by atoms with Gasteiger partial charge < -0.3 is 5.11 Å². The largest absolute Gasteiger partial charge is 0.387 e. The quantitative estimate of drug-likeness (QED) is 0.931. The third kappa shape index (κ3) is 2.39. The van der Waals surface area contributed by atoms with Gasteiger partial charge in [-0.05, 0) is 30.9 Å². The van der Waals surface area contributed by atoms with E-state index in [9.17, 15) is 5.11 Å². The molecular weight excluding hydrogens is 256 g/mol. The molecule has 0 aliphatic carbocycles. The molecule has 0 bridgehead atoms. The molecule has 92 valence electrons. The lowest BCUT2D eigenvalue weighted by Crippen LogP contribution is -2.02. The Balaban J connectivity index is 2.24. The Morgan fingerprint density at radius 1 is 1.53 bits per heavy atom. The van der Waals surface area contributed by atoms with Crippen LogP contribution in [0.15, 0.2) is 11.4 Å². The summed E-state index contributed by atoms with van der Waals surface area (Å²) in [5.41, 5.74) is 3.16. The summed E-state index contributed by atoms with van der Waals surface area (Å²) in [7, 11) is 1.91. The van der Waals surface area contributed by atoms with Crippen LogP contribution < -0.4 is 0 Å². The summed E-state index contributed by atoms with van der Waals surface area (Å²) in [6, 6.07) is 1.81. The first-order valence-electron chi connectivity index (χ1n) is 5.40. The third-order valence-corrected chi connectivity index (χ3v) is 4.46. The molecule has 1 unspecified atom stereocenters. The van der Waals surface area contributed by atoms with E-state index in [2.05, 4.69) is 5.10 Å². The van der Waals surface area contributed by atoms with Gasteiger partial charge in [0.15, 0.2) is 0 Å². The summed E-state index contributed by atoms with van der Waals surface area (Å²) >= 11 is 7.50. The minimum Gasteiger partial charge on any atom is -0.387 e. The van der Waals surface area contributed by atoms with E-state index in [0.29, 0.717) is 11.4 Å². The average molecular weight is 271 g/mol. The summed E-state index contributed by atoms with van der Waals surface area (Å²) in [6.07, 6.45) is 0.00949. The first kappa shape index (κ1) is 12.6. The van der Waals surface area contributed by atoms with Crippen molar-refractivity contribution in [3.05, 3.63) is 38.3 Å². The van der Waals surface area contributed by atoms with E-state index < -0.39 is 6.10 Å². The van der Waals surface area contributed by atoms with Crippen LogP contribution in [0.25, 0.3) is 0 Å². The van der Waals surface area contributed by atoms with Crippen LogP contribution in [0.5, 0.6) is 0 Å². The zero-order valence-corrected chi connectivity index (χ0v) is 11.6. The van der Waals surface area contributed by atoms with Crippen LogP contribution in [-0.4, -0.2) is 14.9 Å². The summed E-state index contributed by atoms with van der Waals surface area (Å²) in [4.78, 5) is 0.828. The second kappa shape index (κ2) is 4.80. The van der Waals surface area contributed by atoms with Gasteiger partial charge in [-0.15, -0.1) is 11.3 Å². The van der Waals surface area contributed by atoms with Crippen LogP contribution in [0.3, 0.4) is 0 Å². The van der Waals surface area contributed by atoms with E-state index in [1.165, 1.54) is 11.3 Å². The summed E-state index contributed by atoms with van der Waals surface area (Å²) in [5.74, 6) is 0. The molecule has 0 aliphatic heterocycles. The number of halogens is 1. The van der Waals surface area contributed by atoms with Crippen LogP contribution in [0.1, 0.15) is 27.9 Å². The number of aryl methyl sites for hydroxylation is 2. The van der Waals surface area contributed by atoms with Gasteiger partial charge >= 0.3 is 0 Å². The number of rotatable bonds is 3. The molecule has 5 heteroatoms. The number of nitrogens with zero attached hydrogens (tertiary/aromatic N) is 2. The van der Waals surface area contributed by atoms with Crippen LogP contribution in [0, 0.1) is 13.8 Å².